The van der Waals surface area contributed by atoms with Gasteiger partial charge < -0.3 is 14.6 Å². The smallest absolute Gasteiger partial charge is 0.279 e. The third-order valence-electron chi connectivity index (χ3n) is 4.55. The second-order valence-corrected chi connectivity index (χ2v) is 7.61. The first-order valence-corrected chi connectivity index (χ1v) is 10.2. The average Bonchev–Trinajstić information content (AvgIpc) is 3.35. The highest BCUT2D eigenvalue weighted by molar-refractivity contribution is 6.32. The van der Waals surface area contributed by atoms with Gasteiger partial charge in [-0.2, -0.15) is 5.10 Å². The summed E-state index contributed by atoms with van der Waals surface area (Å²) in [6, 6.07) is 16.3. The van der Waals surface area contributed by atoms with Crippen LogP contribution in [0, 0.1) is 6.92 Å². The van der Waals surface area contributed by atoms with Gasteiger partial charge in [-0.1, -0.05) is 52.6 Å². The number of nitrogens with zero attached hydrogens (tertiary/aromatic N) is 3. The minimum atomic E-state index is -0.439. The summed E-state index contributed by atoms with van der Waals surface area (Å²) in [4.78, 5) is 12.8. The van der Waals surface area contributed by atoms with E-state index in [1.54, 1.807) is 36.0 Å². The lowest BCUT2D eigenvalue weighted by Gasteiger charge is -2.08. The van der Waals surface area contributed by atoms with E-state index in [1.807, 2.05) is 36.4 Å². The lowest BCUT2D eigenvalue weighted by Crippen LogP contribution is -2.16. The molecule has 2 aromatic carbocycles. The van der Waals surface area contributed by atoms with E-state index in [4.69, 9.17) is 32.5 Å². The van der Waals surface area contributed by atoms with Gasteiger partial charge in [0.05, 0.1) is 17.1 Å². The van der Waals surface area contributed by atoms with Crippen LogP contribution in [-0.2, 0) is 13.2 Å². The number of nitrogens with one attached hydrogen (secondary N) is 1. The molecule has 9 heteroatoms. The van der Waals surface area contributed by atoms with E-state index in [2.05, 4.69) is 15.6 Å². The summed E-state index contributed by atoms with van der Waals surface area (Å²) in [5, 5.41) is 12.2. The van der Waals surface area contributed by atoms with E-state index in [1.165, 1.54) is 0 Å². The molecule has 1 amide bonds. The molecule has 0 radical (unpaired) electrons. The minimum Gasteiger partial charge on any atom is -0.487 e. The Bertz CT molecular complexity index is 1200. The number of benzene rings is 2. The van der Waals surface area contributed by atoms with Crippen molar-refractivity contribution in [2.24, 2.45) is 0 Å². The van der Waals surface area contributed by atoms with Crippen LogP contribution in [0.1, 0.15) is 27.4 Å². The molecule has 0 aliphatic carbocycles. The molecule has 7 nitrogen and oxygen atoms in total. The number of halogens is 2. The van der Waals surface area contributed by atoms with Crippen molar-refractivity contribution in [1.82, 2.24) is 14.9 Å². The lowest BCUT2D eigenvalue weighted by molar-refractivity contribution is 0.101. The van der Waals surface area contributed by atoms with Crippen LogP contribution in [0.3, 0.4) is 0 Å². The zero-order valence-electron chi connectivity index (χ0n) is 16.5. The number of hydrogen-bond acceptors (Lipinski definition) is 5. The van der Waals surface area contributed by atoms with Crippen molar-refractivity contribution in [3.63, 3.8) is 0 Å². The first-order chi connectivity index (χ1) is 15.0. The Labute approximate surface area is 188 Å². The Hall–Kier alpha value is -3.29. The molecule has 0 bridgehead atoms. The van der Waals surface area contributed by atoms with Gasteiger partial charge in [0, 0.05) is 17.3 Å². The molecule has 31 heavy (non-hydrogen) atoms. The number of aryl methyl sites for hydroxylation is 1. The highest BCUT2D eigenvalue weighted by Gasteiger charge is 2.21. The van der Waals surface area contributed by atoms with E-state index < -0.39 is 5.91 Å². The Morgan fingerprint density at radius 3 is 2.68 bits per heavy atom. The number of amides is 1. The van der Waals surface area contributed by atoms with Crippen LogP contribution >= 0.6 is 23.2 Å². The molecule has 0 fully saturated rings. The van der Waals surface area contributed by atoms with Gasteiger partial charge >= 0.3 is 0 Å². The molecule has 0 saturated heterocycles. The highest BCUT2D eigenvalue weighted by atomic mass is 35.5. The third kappa shape index (κ3) is 5.07. The second-order valence-electron chi connectivity index (χ2n) is 6.76. The second kappa shape index (κ2) is 9.24. The normalized spacial score (nSPS) is 10.8. The van der Waals surface area contributed by atoms with Gasteiger partial charge in [0.2, 0.25) is 0 Å². The summed E-state index contributed by atoms with van der Waals surface area (Å²) in [5.74, 6) is 0.964. The van der Waals surface area contributed by atoms with Gasteiger partial charge in [0.15, 0.2) is 11.5 Å². The third-order valence-corrected chi connectivity index (χ3v) is 5.11. The van der Waals surface area contributed by atoms with Gasteiger partial charge in [-0.15, -0.1) is 0 Å². The summed E-state index contributed by atoms with van der Waals surface area (Å²) in [5.41, 5.74) is 1.71. The first-order valence-electron chi connectivity index (χ1n) is 9.41. The van der Waals surface area contributed by atoms with Crippen molar-refractivity contribution in [3.05, 3.63) is 93.4 Å². The molecule has 0 aliphatic heterocycles. The van der Waals surface area contributed by atoms with Crippen LogP contribution in [-0.4, -0.2) is 20.8 Å². The molecule has 0 aliphatic rings. The summed E-state index contributed by atoms with van der Waals surface area (Å²) in [7, 11) is 0. The molecule has 158 valence electrons. The minimum absolute atomic E-state index is 0.0901. The monoisotopic (exact) mass is 456 g/mol. The number of aromatic nitrogens is 3. The van der Waals surface area contributed by atoms with Crippen molar-refractivity contribution in [2.45, 2.75) is 20.1 Å². The number of carbonyl (C=O) groups excluding carboxylic acids is 1. The molecule has 0 saturated carbocycles. The summed E-state index contributed by atoms with van der Waals surface area (Å²) < 4.78 is 12.7. The highest BCUT2D eigenvalue weighted by Crippen LogP contribution is 2.25. The van der Waals surface area contributed by atoms with Crippen LogP contribution in [0.2, 0.25) is 10.0 Å². The van der Waals surface area contributed by atoms with Crippen LogP contribution in [0.25, 0.3) is 0 Å². The lowest BCUT2D eigenvalue weighted by atomic mass is 10.2. The fraction of sp³-hybridized carbons (Fsp3) is 0.136. The number of hydrogen-bond donors (Lipinski definition) is 1. The predicted octanol–water partition coefficient (Wildman–Crippen LogP) is 5.37. The van der Waals surface area contributed by atoms with E-state index in [0.29, 0.717) is 39.5 Å². The molecule has 0 unspecified atom stereocenters. The average molecular weight is 457 g/mol. The van der Waals surface area contributed by atoms with Crippen LogP contribution < -0.4 is 10.1 Å². The largest absolute Gasteiger partial charge is 0.487 e. The fourth-order valence-corrected chi connectivity index (χ4v) is 3.24. The van der Waals surface area contributed by atoms with Gasteiger partial charge in [-0.3, -0.25) is 9.48 Å². The van der Waals surface area contributed by atoms with Crippen molar-refractivity contribution < 1.29 is 14.1 Å². The van der Waals surface area contributed by atoms with Crippen molar-refractivity contribution in [3.8, 4) is 5.75 Å². The number of anilines is 1. The number of para-hydroxylation sites is 1. The summed E-state index contributed by atoms with van der Waals surface area (Å²) in [6.07, 6.45) is 1.78. The molecular weight excluding hydrogens is 439 g/mol. The summed E-state index contributed by atoms with van der Waals surface area (Å²) >= 11 is 12.0. The molecule has 1 N–H and O–H groups in total. The van der Waals surface area contributed by atoms with Crippen molar-refractivity contribution in [1.29, 1.82) is 0 Å². The number of rotatable bonds is 7. The molecule has 4 aromatic rings. The summed E-state index contributed by atoms with van der Waals surface area (Å²) in [6.45, 7) is 2.36. The zero-order valence-corrected chi connectivity index (χ0v) is 18.0. The maximum atomic E-state index is 12.8. The first kappa shape index (κ1) is 21.0. The van der Waals surface area contributed by atoms with E-state index >= 15 is 0 Å². The Morgan fingerprint density at radius 2 is 1.90 bits per heavy atom. The van der Waals surface area contributed by atoms with Crippen molar-refractivity contribution in [2.75, 3.05) is 5.32 Å². The van der Waals surface area contributed by atoms with Crippen LogP contribution in [0.4, 0.5) is 5.82 Å². The Kier molecular flexibility index (Phi) is 6.25. The van der Waals surface area contributed by atoms with Gasteiger partial charge in [0.25, 0.3) is 5.91 Å². The maximum absolute atomic E-state index is 12.8. The van der Waals surface area contributed by atoms with Crippen LogP contribution in [0.5, 0.6) is 5.75 Å². The Morgan fingerprint density at radius 1 is 1.13 bits per heavy atom. The molecule has 2 aromatic heterocycles. The van der Waals surface area contributed by atoms with Gasteiger partial charge in [-0.05, 0) is 36.8 Å². The molecule has 4 rings (SSSR count). The number of carbonyl (C=O) groups is 1. The predicted molar refractivity (Wildman–Crippen MR) is 118 cm³/mol. The van der Waals surface area contributed by atoms with E-state index in [0.717, 1.165) is 5.56 Å². The number of ether oxygens (including phenoxy) is 1. The topological polar surface area (TPSA) is 82.2 Å². The molecular formula is C22H18Cl2N4O3. The fourth-order valence-electron chi connectivity index (χ4n) is 2.92. The van der Waals surface area contributed by atoms with E-state index in [-0.39, 0.29) is 12.3 Å². The quantitative estimate of drug-likeness (QED) is 0.404. The maximum Gasteiger partial charge on any atom is 0.279 e. The van der Waals surface area contributed by atoms with E-state index in [9.17, 15) is 4.79 Å². The molecule has 0 atom stereocenters. The van der Waals surface area contributed by atoms with Gasteiger partial charge in [-0.25, -0.2) is 0 Å². The Balaban J connectivity index is 1.43. The standard InChI is InChI=1S/C22H18Cl2N4O3/c1-14-17(13-30-19-5-3-2-4-18(19)24)21(27-31-14)22(29)25-20-10-11-28(26-20)12-15-6-8-16(23)9-7-15/h2-11H,12-13H2,1H3,(H,25,26,29). The molecule has 2 heterocycles. The SMILES string of the molecule is Cc1onc(C(=O)Nc2ccn(Cc3ccc(Cl)cc3)n2)c1COc1ccccc1Cl. The zero-order chi connectivity index (χ0) is 21.8. The van der Waals surface area contributed by atoms with Crippen molar-refractivity contribution >= 4 is 34.9 Å². The van der Waals surface area contributed by atoms with Gasteiger partial charge in [0.1, 0.15) is 18.1 Å². The molecule has 0 spiro atoms. The van der Waals surface area contributed by atoms with Crippen LogP contribution in [0.15, 0.2) is 65.3 Å².